The van der Waals surface area contributed by atoms with Gasteiger partial charge >= 0.3 is 0 Å². The fraction of sp³-hybridized carbons (Fsp3) is 0.478. The van der Waals surface area contributed by atoms with E-state index in [4.69, 9.17) is 11.6 Å². The summed E-state index contributed by atoms with van der Waals surface area (Å²) in [4.78, 5) is 27.5. The molecular formula is C23H30ClNO2. The van der Waals surface area contributed by atoms with Crippen molar-refractivity contribution in [1.29, 1.82) is 0 Å². The van der Waals surface area contributed by atoms with Crippen LogP contribution < -0.4 is 4.90 Å². The molecule has 27 heavy (non-hydrogen) atoms. The first kappa shape index (κ1) is 21.4. The minimum Gasteiger partial charge on any atom is -0.369 e. The minimum absolute atomic E-state index is 0.0444. The van der Waals surface area contributed by atoms with Crippen molar-refractivity contribution < 1.29 is 9.59 Å². The molecule has 3 nitrogen and oxygen atoms in total. The van der Waals surface area contributed by atoms with Crippen molar-refractivity contribution in [2.24, 2.45) is 5.92 Å². The lowest BCUT2D eigenvalue weighted by molar-refractivity contribution is -0.117. The molecule has 0 saturated carbocycles. The van der Waals surface area contributed by atoms with Crippen LogP contribution in [-0.2, 0) is 4.79 Å². The summed E-state index contributed by atoms with van der Waals surface area (Å²) in [5, 5.41) is 0.571. The molecule has 1 atom stereocenters. The van der Waals surface area contributed by atoms with Crippen molar-refractivity contribution in [1.82, 2.24) is 0 Å². The van der Waals surface area contributed by atoms with Gasteiger partial charge in [-0.25, -0.2) is 0 Å². The van der Waals surface area contributed by atoms with Crippen LogP contribution in [0, 0.1) is 12.8 Å². The van der Waals surface area contributed by atoms with Crippen LogP contribution in [0.25, 0.3) is 0 Å². The van der Waals surface area contributed by atoms with Gasteiger partial charge in [0.05, 0.1) is 0 Å². The molecule has 0 bridgehead atoms. The predicted molar refractivity (Wildman–Crippen MR) is 114 cm³/mol. The van der Waals surface area contributed by atoms with Gasteiger partial charge in [0.25, 0.3) is 0 Å². The van der Waals surface area contributed by atoms with Crippen molar-refractivity contribution in [3.05, 3.63) is 51.6 Å². The van der Waals surface area contributed by atoms with E-state index < -0.39 is 0 Å². The average Bonchev–Trinajstić information content (AvgIpc) is 2.56. The molecule has 0 spiro atoms. The zero-order valence-corrected chi connectivity index (χ0v) is 18.0. The molecule has 0 fully saturated rings. The Balaban J connectivity index is 2.23. The Hall–Kier alpha value is -1.87. The van der Waals surface area contributed by atoms with Gasteiger partial charge < -0.3 is 4.90 Å². The summed E-state index contributed by atoms with van der Waals surface area (Å²) in [6, 6.07) is 4.01. The zero-order valence-electron chi connectivity index (χ0n) is 17.2. The largest absolute Gasteiger partial charge is 0.369 e. The number of hydrogen-bond acceptors (Lipinski definition) is 3. The van der Waals surface area contributed by atoms with E-state index in [0.717, 1.165) is 28.9 Å². The summed E-state index contributed by atoms with van der Waals surface area (Å²) in [7, 11) is 0. The van der Waals surface area contributed by atoms with Crippen molar-refractivity contribution in [2.75, 3.05) is 11.4 Å². The van der Waals surface area contributed by atoms with Gasteiger partial charge in [0.2, 0.25) is 0 Å². The number of carbonyl (C=O) groups is 2. The number of anilines is 1. The number of nitrogens with zero attached hydrogens (tertiary/aromatic N) is 1. The topological polar surface area (TPSA) is 37.4 Å². The molecular weight excluding hydrogens is 358 g/mol. The summed E-state index contributed by atoms with van der Waals surface area (Å²) in [5.74, 6) is -0.0527. The van der Waals surface area contributed by atoms with E-state index in [0.29, 0.717) is 29.5 Å². The third kappa shape index (κ3) is 4.90. The average molecular weight is 388 g/mol. The van der Waals surface area contributed by atoms with Crippen LogP contribution in [0.4, 0.5) is 5.69 Å². The molecule has 146 valence electrons. The molecule has 0 saturated heterocycles. The highest BCUT2D eigenvalue weighted by molar-refractivity contribution is 6.31. The third-order valence-electron chi connectivity index (χ3n) is 5.30. The first-order chi connectivity index (χ1) is 12.6. The second-order valence-electron chi connectivity index (χ2n) is 7.67. The Morgan fingerprint density at radius 3 is 2.41 bits per heavy atom. The van der Waals surface area contributed by atoms with E-state index in [1.165, 1.54) is 0 Å². The standard InChI is InChI=1S/C23H30ClNO2/c1-7-25(14(2)3)21-13-18(24)12-20(17(21)6)22(26)9-8-19-16(5)10-15(4)11-23(19)27/h10-14,19H,7-9H2,1-6H3. The van der Waals surface area contributed by atoms with Gasteiger partial charge in [-0.3, -0.25) is 9.59 Å². The third-order valence-corrected chi connectivity index (χ3v) is 5.52. The minimum atomic E-state index is -0.195. The van der Waals surface area contributed by atoms with E-state index >= 15 is 0 Å². The molecule has 1 aromatic rings. The van der Waals surface area contributed by atoms with Crippen molar-refractivity contribution >= 4 is 28.9 Å². The maximum atomic E-state index is 12.9. The molecule has 0 radical (unpaired) electrons. The van der Waals surface area contributed by atoms with Crippen molar-refractivity contribution in [3.8, 4) is 0 Å². The van der Waals surface area contributed by atoms with E-state index in [1.807, 2.05) is 32.9 Å². The summed E-state index contributed by atoms with van der Waals surface area (Å²) >= 11 is 6.33. The highest BCUT2D eigenvalue weighted by atomic mass is 35.5. The maximum Gasteiger partial charge on any atom is 0.163 e. The van der Waals surface area contributed by atoms with Crippen molar-refractivity contribution in [2.45, 2.75) is 60.4 Å². The molecule has 0 aliphatic heterocycles. The molecule has 0 aromatic heterocycles. The van der Waals surface area contributed by atoms with Gasteiger partial charge in [0.1, 0.15) is 0 Å². The summed E-state index contributed by atoms with van der Waals surface area (Å²) in [5.41, 5.74) is 4.63. The predicted octanol–water partition coefficient (Wildman–Crippen LogP) is 5.94. The smallest absolute Gasteiger partial charge is 0.163 e. The molecule has 1 aromatic carbocycles. The van der Waals surface area contributed by atoms with Gasteiger partial charge in [-0.2, -0.15) is 0 Å². The lowest BCUT2D eigenvalue weighted by atomic mass is 9.84. The SMILES string of the molecule is CCN(c1cc(Cl)cc(C(=O)CCC2C(=O)C=C(C)C=C2C)c1C)C(C)C. The fourth-order valence-corrected chi connectivity index (χ4v) is 4.11. The van der Waals surface area contributed by atoms with Crippen LogP contribution in [0.5, 0.6) is 0 Å². The van der Waals surface area contributed by atoms with Crippen LogP contribution in [0.2, 0.25) is 5.02 Å². The summed E-state index contributed by atoms with van der Waals surface area (Å²) in [6.07, 6.45) is 4.57. The number of ketones is 2. The van der Waals surface area contributed by atoms with Crippen LogP contribution in [0.15, 0.2) is 35.4 Å². The van der Waals surface area contributed by atoms with E-state index in [-0.39, 0.29) is 17.5 Å². The Morgan fingerprint density at radius 1 is 1.19 bits per heavy atom. The van der Waals surface area contributed by atoms with E-state index in [2.05, 4.69) is 25.7 Å². The Morgan fingerprint density at radius 2 is 1.85 bits per heavy atom. The quantitative estimate of drug-likeness (QED) is 0.543. The second-order valence-corrected chi connectivity index (χ2v) is 8.11. The molecule has 2 rings (SSSR count). The molecule has 0 amide bonds. The molecule has 1 aliphatic rings. The molecule has 1 unspecified atom stereocenters. The summed E-state index contributed by atoms with van der Waals surface area (Å²) < 4.78 is 0. The molecule has 4 heteroatoms. The van der Waals surface area contributed by atoms with Crippen LogP contribution in [-0.4, -0.2) is 24.2 Å². The zero-order chi connectivity index (χ0) is 20.3. The van der Waals surface area contributed by atoms with Crippen LogP contribution in [0.3, 0.4) is 0 Å². The van der Waals surface area contributed by atoms with E-state index in [1.54, 1.807) is 12.1 Å². The molecule has 0 N–H and O–H groups in total. The highest BCUT2D eigenvalue weighted by Gasteiger charge is 2.24. The number of carbonyl (C=O) groups excluding carboxylic acids is 2. The fourth-order valence-electron chi connectivity index (χ4n) is 3.90. The maximum absolute atomic E-state index is 12.9. The van der Waals surface area contributed by atoms with Crippen LogP contribution in [0.1, 0.15) is 63.4 Å². The second kappa shape index (κ2) is 8.88. The molecule has 1 aliphatic carbocycles. The van der Waals surface area contributed by atoms with Gasteiger partial charge in [-0.15, -0.1) is 0 Å². The lowest BCUT2D eigenvalue weighted by Gasteiger charge is -2.30. The summed E-state index contributed by atoms with van der Waals surface area (Å²) in [6.45, 7) is 13.1. The van der Waals surface area contributed by atoms with Crippen LogP contribution >= 0.6 is 11.6 Å². The normalized spacial score (nSPS) is 17.0. The first-order valence-corrected chi connectivity index (χ1v) is 10.0. The van der Waals surface area contributed by atoms with E-state index in [9.17, 15) is 9.59 Å². The number of rotatable bonds is 7. The van der Waals surface area contributed by atoms with Crippen molar-refractivity contribution in [3.63, 3.8) is 0 Å². The Kier molecular flexibility index (Phi) is 7.05. The number of Topliss-reactive ketones (excluding diaryl/α,β-unsaturated/α-hetero) is 1. The first-order valence-electron chi connectivity index (χ1n) is 9.66. The highest BCUT2D eigenvalue weighted by Crippen LogP contribution is 2.31. The number of halogens is 1. The van der Waals surface area contributed by atoms with Gasteiger partial charge in [-0.1, -0.05) is 23.3 Å². The number of benzene rings is 1. The van der Waals surface area contributed by atoms with Gasteiger partial charge in [-0.05, 0) is 77.3 Å². The Labute approximate surface area is 168 Å². The number of hydrogen-bond donors (Lipinski definition) is 0. The van der Waals surface area contributed by atoms with Gasteiger partial charge in [0.15, 0.2) is 11.6 Å². The monoisotopic (exact) mass is 387 g/mol. The molecule has 0 heterocycles. The van der Waals surface area contributed by atoms with Gasteiger partial charge in [0, 0.05) is 41.2 Å². The lowest BCUT2D eigenvalue weighted by Crippen LogP contribution is -2.31. The Bertz CT molecular complexity index is 805. The number of allylic oxidation sites excluding steroid dienone is 4.